The average molecular weight is 487 g/mol. The molecular formula is C24H23ClN2O5S. The maximum Gasteiger partial charge on any atom is 0.289 e. The number of carbonyl (C=O) groups is 1. The van der Waals surface area contributed by atoms with E-state index in [1.807, 2.05) is 18.2 Å². The van der Waals surface area contributed by atoms with E-state index in [9.17, 15) is 9.00 Å². The number of furan rings is 1. The average Bonchev–Trinajstić information content (AvgIpc) is 3.48. The van der Waals surface area contributed by atoms with E-state index in [0.29, 0.717) is 28.8 Å². The molecule has 3 aromatic rings. The summed E-state index contributed by atoms with van der Waals surface area (Å²) in [5.74, 6) is 2.40. The third kappa shape index (κ3) is 5.08. The van der Waals surface area contributed by atoms with Gasteiger partial charge in [-0.3, -0.25) is 13.9 Å². The summed E-state index contributed by atoms with van der Waals surface area (Å²) in [6.45, 7) is 3.84. The van der Waals surface area contributed by atoms with Crippen molar-refractivity contribution in [3.05, 3.63) is 76.7 Å². The molecule has 0 aliphatic carbocycles. The van der Waals surface area contributed by atoms with Gasteiger partial charge in [0.05, 0.1) is 16.6 Å². The minimum absolute atomic E-state index is 0.141. The second kappa shape index (κ2) is 9.59. The van der Waals surface area contributed by atoms with Gasteiger partial charge in [0, 0.05) is 42.6 Å². The minimum Gasteiger partial charge on any atom is -0.455 e. The Labute approximate surface area is 199 Å². The molecule has 1 aromatic heterocycles. The smallest absolute Gasteiger partial charge is 0.289 e. The van der Waals surface area contributed by atoms with Gasteiger partial charge < -0.3 is 18.8 Å². The summed E-state index contributed by atoms with van der Waals surface area (Å²) >= 11 is 5.98. The first-order chi connectivity index (χ1) is 16.0. The molecule has 0 radical (unpaired) electrons. The van der Waals surface area contributed by atoms with E-state index < -0.39 is 10.8 Å². The lowest BCUT2D eigenvalue weighted by atomic mass is 10.1. The summed E-state index contributed by atoms with van der Waals surface area (Å²) in [6, 6.07) is 16.3. The molecule has 1 atom stereocenters. The number of nitrogens with zero attached hydrogens (tertiary/aromatic N) is 2. The Bertz CT molecular complexity index is 1190. The largest absolute Gasteiger partial charge is 0.455 e. The van der Waals surface area contributed by atoms with Crippen LogP contribution in [0.1, 0.15) is 21.9 Å². The van der Waals surface area contributed by atoms with E-state index in [4.69, 9.17) is 25.5 Å². The van der Waals surface area contributed by atoms with E-state index in [0.717, 1.165) is 36.7 Å². The van der Waals surface area contributed by atoms with Crippen LogP contribution in [0.3, 0.4) is 0 Å². The molecule has 0 saturated carbocycles. The van der Waals surface area contributed by atoms with E-state index in [-0.39, 0.29) is 24.2 Å². The molecule has 1 saturated heterocycles. The van der Waals surface area contributed by atoms with Crippen molar-refractivity contribution in [2.45, 2.75) is 17.2 Å². The highest BCUT2D eigenvalue weighted by atomic mass is 35.5. The van der Waals surface area contributed by atoms with Crippen molar-refractivity contribution in [3.8, 4) is 11.5 Å². The van der Waals surface area contributed by atoms with Gasteiger partial charge in [-0.25, -0.2) is 0 Å². The van der Waals surface area contributed by atoms with Gasteiger partial charge in [0.1, 0.15) is 5.76 Å². The fourth-order valence-electron chi connectivity index (χ4n) is 3.95. The van der Waals surface area contributed by atoms with Crippen molar-refractivity contribution >= 4 is 28.3 Å². The summed E-state index contributed by atoms with van der Waals surface area (Å²) in [7, 11) is -1.30. The van der Waals surface area contributed by atoms with Gasteiger partial charge in [0.15, 0.2) is 17.3 Å². The molecule has 7 nitrogen and oxygen atoms in total. The molecule has 2 aromatic carbocycles. The van der Waals surface area contributed by atoms with Crippen molar-refractivity contribution in [3.63, 3.8) is 0 Å². The number of amides is 1. The van der Waals surface area contributed by atoms with Crippen LogP contribution in [0.15, 0.2) is 63.9 Å². The molecule has 0 N–H and O–H groups in total. The zero-order chi connectivity index (χ0) is 22.8. The van der Waals surface area contributed by atoms with Crippen LogP contribution < -0.4 is 9.47 Å². The first-order valence-electron chi connectivity index (χ1n) is 10.7. The lowest BCUT2D eigenvalue weighted by Crippen LogP contribution is -2.48. The van der Waals surface area contributed by atoms with Gasteiger partial charge in [0.25, 0.3) is 5.91 Å². The predicted octanol–water partition coefficient (Wildman–Crippen LogP) is 3.93. The third-order valence-electron chi connectivity index (χ3n) is 5.71. The number of carbonyl (C=O) groups excluding carboxylic acids is 1. The predicted molar refractivity (Wildman–Crippen MR) is 124 cm³/mol. The van der Waals surface area contributed by atoms with Crippen LogP contribution in [0.5, 0.6) is 11.5 Å². The molecule has 5 rings (SSSR count). The highest BCUT2D eigenvalue weighted by Crippen LogP contribution is 2.33. The third-order valence-corrected chi connectivity index (χ3v) is 7.27. The Morgan fingerprint density at radius 1 is 0.970 bits per heavy atom. The normalized spacial score (nSPS) is 16.7. The second-order valence-electron chi connectivity index (χ2n) is 7.97. The fourth-order valence-corrected chi connectivity index (χ4v) is 5.28. The molecule has 2 aliphatic heterocycles. The van der Waals surface area contributed by atoms with E-state index in [1.165, 1.54) is 0 Å². The molecule has 33 heavy (non-hydrogen) atoms. The quantitative estimate of drug-likeness (QED) is 0.525. The van der Waals surface area contributed by atoms with Crippen LogP contribution in [0.25, 0.3) is 0 Å². The number of rotatable bonds is 6. The van der Waals surface area contributed by atoms with Crippen molar-refractivity contribution in [1.29, 1.82) is 0 Å². The number of benzene rings is 2. The molecular weight excluding hydrogens is 464 g/mol. The fraction of sp³-hybridized carbons (Fsp3) is 0.292. The lowest BCUT2D eigenvalue weighted by Gasteiger charge is -2.34. The SMILES string of the molecule is O=C(c1ccc(C[S@@](=O)c2cccc(Cl)c2)o1)N1CCN(Cc2ccc3c(c2)OCO3)CC1. The van der Waals surface area contributed by atoms with E-state index in [1.54, 1.807) is 41.3 Å². The molecule has 9 heteroatoms. The minimum atomic E-state index is -1.30. The Morgan fingerprint density at radius 2 is 1.79 bits per heavy atom. The summed E-state index contributed by atoms with van der Waals surface area (Å²) in [5, 5.41) is 0.536. The number of hydrogen-bond acceptors (Lipinski definition) is 6. The van der Waals surface area contributed by atoms with Gasteiger partial charge in [-0.2, -0.15) is 0 Å². The Balaban J connectivity index is 1.14. The van der Waals surface area contributed by atoms with Gasteiger partial charge in [0.2, 0.25) is 6.79 Å². The second-order valence-corrected chi connectivity index (χ2v) is 9.86. The van der Waals surface area contributed by atoms with Gasteiger partial charge in [-0.15, -0.1) is 0 Å². The molecule has 0 spiro atoms. The van der Waals surface area contributed by atoms with Crippen molar-refractivity contribution < 1.29 is 22.9 Å². The first-order valence-corrected chi connectivity index (χ1v) is 12.4. The maximum absolute atomic E-state index is 12.9. The number of piperazine rings is 1. The molecule has 1 fully saturated rings. The molecule has 2 aliphatic rings. The molecule has 172 valence electrons. The highest BCUT2D eigenvalue weighted by Gasteiger charge is 2.25. The van der Waals surface area contributed by atoms with Crippen molar-refractivity contribution in [1.82, 2.24) is 9.80 Å². The summed E-state index contributed by atoms with van der Waals surface area (Å²) in [5.41, 5.74) is 1.16. The number of hydrogen-bond donors (Lipinski definition) is 0. The first kappa shape index (κ1) is 22.0. The standard InChI is InChI=1S/C24H23ClN2O5S/c25-18-2-1-3-20(13-18)33(29)15-19-5-7-22(32-19)24(28)27-10-8-26(9-11-27)14-17-4-6-21-23(12-17)31-16-30-21/h1-7,12-13H,8-11,14-16H2/t33-/m1/s1. The summed E-state index contributed by atoms with van der Waals surface area (Å²) in [6.07, 6.45) is 0. The monoisotopic (exact) mass is 486 g/mol. The Hall–Kier alpha value is -2.81. The number of ether oxygens (including phenoxy) is 2. The van der Waals surface area contributed by atoms with Gasteiger partial charge >= 0.3 is 0 Å². The Morgan fingerprint density at radius 3 is 2.61 bits per heavy atom. The lowest BCUT2D eigenvalue weighted by molar-refractivity contribution is 0.0596. The maximum atomic E-state index is 12.9. The van der Waals surface area contributed by atoms with Gasteiger partial charge in [-0.1, -0.05) is 23.7 Å². The van der Waals surface area contributed by atoms with Crippen LogP contribution in [0.4, 0.5) is 0 Å². The van der Waals surface area contributed by atoms with Crippen LogP contribution in [-0.4, -0.2) is 52.9 Å². The topological polar surface area (TPSA) is 72.2 Å². The van der Waals surface area contributed by atoms with E-state index >= 15 is 0 Å². The molecule has 0 bridgehead atoms. The van der Waals surface area contributed by atoms with E-state index in [2.05, 4.69) is 4.90 Å². The Kier molecular flexibility index (Phi) is 6.39. The van der Waals surface area contributed by atoms with Crippen LogP contribution in [-0.2, 0) is 23.1 Å². The zero-order valence-corrected chi connectivity index (χ0v) is 19.4. The molecule has 1 amide bonds. The summed E-state index contributed by atoms with van der Waals surface area (Å²) in [4.78, 5) is 17.6. The molecule has 0 unspecified atom stereocenters. The summed E-state index contributed by atoms with van der Waals surface area (Å²) < 4.78 is 29.1. The van der Waals surface area contributed by atoms with Gasteiger partial charge in [-0.05, 0) is 48.0 Å². The van der Waals surface area contributed by atoms with Crippen molar-refractivity contribution in [2.24, 2.45) is 0 Å². The van der Waals surface area contributed by atoms with Crippen LogP contribution in [0.2, 0.25) is 5.02 Å². The van der Waals surface area contributed by atoms with Crippen LogP contribution in [0, 0.1) is 0 Å². The zero-order valence-electron chi connectivity index (χ0n) is 17.9. The van der Waals surface area contributed by atoms with Crippen LogP contribution >= 0.6 is 11.6 Å². The molecule has 3 heterocycles. The van der Waals surface area contributed by atoms with Crippen molar-refractivity contribution in [2.75, 3.05) is 33.0 Å². The number of halogens is 1. The highest BCUT2D eigenvalue weighted by molar-refractivity contribution is 7.84. The number of fused-ring (bicyclic) bond motifs is 1.